The molecule has 1 fully saturated rings. The highest BCUT2D eigenvalue weighted by atomic mass is 19.1. The molecule has 0 amide bonds. The number of hydrogen-bond acceptors (Lipinski definition) is 0. The Bertz CT molecular complexity index is 222. The van der Waals surface area contributed by atoms with Gasteiger partial charge in [-0.1, -0.05) is 19.9 Å². The van der Waals surface area contributed by atoms with Gasteiger partial charge in [-0.25, -0.2) is 4.39 Å². The van der Waals surface area contributed by atoms with E-state index in [9.17, 15) is 8.78 Å². The van der Waals surface area contributed by atoms with Gasteiger partial charge in [-0.2, -0.15) is 0 Å². The van der Waals surface area contributed by atoms with Gasteiger partial charge in [0.15, 0.2) is 0 Å². The summed E-state index contributed by atoms with van der Waals surface area (Å²) in [5.74, 6) is -0.344. The van der Waals surface area contributed by atoms with Crippen molar-refractivity contribution in [3.05, 3.63) is 12.7 Å². The summed E-state index contributed by atoms with van der Waals surface area (Å²) in [6, 6.07) is 0. The Balaban J connectivity index is 2.99. The molecule has 2 heteroatoms. The van der Waals surface area contributed by atoms with Crippen LogP contribution in [0.25, 0.3) is 0 Å². The van der Waals surface area contributed by atoms with Crippen LogP contribution in [0.2, 0.25) is 0 Å². The van der Waals surface area contributed by atoms with Crippen molar-refractivity contribution in [3.8, 4) is 0 Å². The van der Waals surface area contributed by atoms with Crippen LogP contribution < -0.4 is 0 Å². The van der Waals surface area contributed by atoms with Crippen molar-refractivity contribution < 1.29 is 8.78 Å². The minimum Gasteiger partial charge on any atom is -0.250 e. The average Bonchev–Trinajstić information content (AvgIpc) is 2.33. The molecule has 0 bridgehead atoms. The van der Waals surface area contributed by atoms with Crippen LogP contribution >= 0.6 is 0 Å². The zero-order chi connectivity index (χ0) is 11.0. The Hall–Kier alpha value is -0.400. The number of halogens is 2. The smallest absolute Gasteiger partial charge is 0.116 e. The van der Waals surface area contributed by atoms with Gasteiger partial charge in [0.2, 0.25) is 0 Å². The molecule has 14 heavy (non-hydrogen) atoms. The Morgan fingerprint density at radius 1 is 1.57 bits per heavy atom. The number of allylic oxidation sites excluding steroid dienone is 1. The fraction of sp³-hybridized carbons (Fsp3) is 0.833. The normalized spacial score (nSPS) is 45.1. The monoisotopic (exact) mass is 202 g/mol. The third kappa shape index (κ3) is 1.39. The van der Waals surface area contributed by atoms with E-state index in [-0.39, 0.29) is 11.8 Å². The maximum atomic E-state index is 14.5. The van der Waals surface area contributed by atoms with Crippen molar-refractivity contribution in [3.63, 3.8) is 0 Å². The molecule has 1 aliphatic rings. The van der Waals surface area contributed by atoms with Crippen molar-refractivity contribution >= 4 is 0 Å². The number of rotatable bonds is 3. The average molecular weight is 202 g/mol. The van der Waals surface area contributed by atoms with Crippen molar-refractivity contribution in [2.45, 2.75) is 39.3 Å². The molecule has 0 radical (unpaired) electrons. The van der Waals surface area contributed by atoms with Gasteiger partial charge < -0.3 is 0 Å². The summed E-state index contributed by atoms with van der Waals surface area (Å²) < 4.78 is 27.3. The van der Waals surface area contributed by atoms with Gasteiger partial charge in [0.25, 0.3) is 0 Å². The lowest BCUT2D eigenvalue weighted by molar-refractivity contribution is -0.0141. The van der Waals surface area contributed by atoms with Gasteiger partial charge in [-0.3, -0.25) is 4.39 Å². The molecular formula is C12H20F2. The van der Waals surface area contributed by atoms with E-state index in [2.05, 4.69) is 6.58 Å². The lowest BCUT2D eigenvalue weighted by atomic mass is 9.67. The van der Waals surface area contributed by atoms with Crippen LogP contribution in [0.15, 0.2) is 12.7 Å². The second kappa shape index (κ2) is 3.63. The molecule has 0 aromatic heterocycles. The molecule has 0 heterocycles. The Labute approximate surface area is 85.4 Å². The molecule has 0 spiro atoms. The van der Waals surface area contributed by atoms with Gasteiger partial charge in [-0.15, -0.1) is 6.58 Å². The molecule has 4 atom stereocenters. The first-order valence-corrected chi connectivity index (χ1v) is 5.27. The molecule has 0 aliphatic heterocycles. The first kappa shape index (κ1) is 11.7. The predicted octanol–water partition coefficient (Wildman–Crippen LogP) is 3.92. The van der Waals surface area contributed by atoms with Gasteiger partial charge in [-0.05, 0) is 25.7 Å². The van der Waals surface area contributed by atoms with Crippen molar-refractivity contribution in [2.75, 3.05) is 6.67 Å². The molecule has 0 N–H and O–H groups in total. The van der Waals surface area contributed by atoms with Gasteiger partial charge >= 0.3 is 0 Å². The first-order valence-electron chi connectivity index (χ1n) is 5.27. The van der Waals surface area contributed by atoms with E-state index < -0.39 is 17.8 Å². The molecular weight excluding hydrogens is 182 g/mol. The van der Waals surface area contributed by atoms with Gasteiger partial charge in [0.05, 0.1) is 6.67 Å². The SMILES string of the molecule is C=CC(CF)C1(C)CCC(C)C1(C)F. The van der Waals surface area contributed by atoms with Crippen molar-refractivity contribution in [1.29, 1.82) is 0 Å². The molecule has 0 aromatic rings. The summed E-state index contributed by atoms with van der Waals surface area (Å²) in [6.45, 7) is 8.46. The summed E-state index contributed by atoms with van der Waals surface area (Å²) in [5, 5.41) is 0. The van der Waals surface area contributed by atoms with E-state index >= 15 is 0 Å². The quantitative estimate of drug-likeness (QED) is 0.608. The highest BCUT2D eigenvalue weighted by molar-refractivity contribution is 5.09. The second-order valence-electron chi connectivity index (χ2n) is 4.93. The van der Waals surface area contributed by atoms with Crippen LogP contribution in [0.1, 0.15) is 33.6 Å². The highest BCUT2D eigenvalue weighted by Crippen LogP contribution is 2.56. The standard InChI is InChI=1S/C12H20F2/c1-5-10(8-13)11(3)7-6-9(2)12(11,4)14/h5,9-10H,1,6-8H2,2-4H3. The molecule has 0 nitrogen and oxygen atoms in total. The van der Waals surface area contributed by atoms with Crippen LogP contribution in [0, 0.1) is 17.3 Å². The third-order valence-corrected chi connectivity index (χ3v) is 4.41. The minimum absolute atomic E-state index is 0.0153. The minimum atomic E-state index is -1.28. The second-order valence-corrected chi connectivity index (χ2v) is 4.93. The lowest BCUT2D eigenvalue weighted by Crippen LogP contribution is -2.44. The predicted molar refractivity (Wildman–Crippen MR) is 55.7 cm³/mol. The van der Waals surface area contributed by atoms with Crippen LogP contribution in [0.3, 0.4) is 0 Å². The van der Waals surface area contributed by atoms with E-state index in [4.69, 9.17) is 0 Å². The van der Waals surface area contributed by atoms with E-state index in [0.29, 0.717) is 0 Å². The van der Waals surface area contributed by atoms with Crippen LogP contribution in [0.5, 0.6) is 0 Å². The summed E-state index contributed by atoms with van der Waals surface area (Å²) >= 11 is 0. The van der Waals surface area contributed by atoms with Gasteiger partial charge in [0.1, 0.15) is 5.67 Å². The van der Waals surface area contributed by atoms with Crippen molar-refractivity contribution in [2.24, 2.45) is 17.3 Å². The molecule has 4 unspecified atom stereocenters. The molecule has 1 rings (SSSR count). The number of alkyl halides is 2. The molecule has 0 aromatic carbocycles. The van der Waals surface area contributed by atoms with Crippen LogP contribution in [0.4, 0.5) is 8.78 Å². The van der Waals surface area contributed by atoms with Crippen LogP contribution in [-0.4, -0.2) is 12.3 Å². The Morgan fingerprint density at radius 2 is 2.14 bits per heavy atom. The zero-order valence-corrected chi connectivity index (χ0v) is 9.32. The molecule has 0 saturated heterocycles. The largest absolute Gasteiger partial charge is 0.250 e. The lowest BCUT2D eigenvalue weighted by Gasteiger charge is -2.41. The summed E-state index contributed by atoms with van der Waals surface area (Å²) in [6.07, 6.45) is 3.16. The molecule has 1 aliphatic carbocycles. The number of hydrogen-bond donors (Lipinski definition) is 0. The fourth-order valence-electron chi connectivity index (χ4n) is 2.64. The van der Waals surface area contributed by atoms with E-state index in [1.807, 2.05) is 13.8 Å². The summed E-state index contributed by atoms with van der Waals surface area (Å²) in [5.41, 5.74) is -1.86. The molecule has 1 saturated carbocycles. The van der Waals surface area contributed by atoms with Gasteiger partial charge in [0, 0.05) is 11.3 Å². The summed E-state index contributed by atoms with van der Waals surface area (Å²) in [4.78, 5) is 0. The maximum Gasteiger partial charge on any atom is 0.116 e. The Kier molecular flexibility index (Phi) is 3.03. The maximum absolute atomic E-state index is 14.5. The first-order chi connectivity index (χ1) is 6.40. The Morgan fingerprint density at radius 3 is 2.43 bits per heavy atom. The third-order valence-electron chi connectivity index (χ3n) is 4.41. The van der Waals surface area contributed by atoms with E-state index in [0.717, 1.165) is 12.8 Å². The highest BCUT2D eigenvalue weighted by Gasteiger charge is 2.56. The zero-order valence-electron chi connectivity index (χ0n) is 9.32. The van der Waals surface area contributed by atoms with E-state index in [1.54, 1.807) is 13.0 Å². The van der Waals surface area contributed by atoms with Crippen LogP contribution in [-0.2, 0) is 0 Å². The van der Waals surface area contributed by atoms with E-state index in [1.165, 1.54) is 0 Å². The summed E-state index contributed by atoms with van der Waals surface area (Å²) in [7, 11) is 0. The topological polar surface area (TPSA) is 0 Å². The van der Waals surface area contributed by atoms with Crippen molar-refractivity contribution in [1.82, 2.24) is 0 Å². The molecule has 82 valence electrons. The fourth-order valence-corrected chi connectivity index (χ4v) is 2.64.